The van der Waals surface area contributed by atoms with Crippen molar-refractivity contribution in [2.24, 2.45) is 0 Å². The van der Waals surface area contributed by atoms with Gasteiger partial charge in [-0.1, -0.05) is 19.1 Å². The van der Waals surface area contributed by atoms with Crippen LogP contribution in [0.15, 0.2) is 24.3 Å². The van der Waals surface area contributed by atoms with Crippen molar-refractivity contribution in [1.29, 1.82) is 0 Å². The predicted molar refractivity (Wildman–Crippen MR) is 104 cm³/mol. The molecule has 0 heterocycles. The molecule has 0 saturated heterocycles. The third kappa shape index (κ3) is 9.22. The maximum Gasteiger partial charge on any atom is 0.320 e. The topological polar surface area (TPSA) is 78.4 Å². The highest BCUT2D eigenvalue weighted by molar-refractivity contribution is 14.1. The Morgan fingerprint density at radius 3 is 2.50 bits per heavy atom. The van der Waals surface area contributed by atoms with E-state index in [0.29, 0.717) is 25.9 Å². The van der Waals surface area contributed by atoms with E-state index in [4.69, 9.17) is 5.11 Å². The van der Waals surface area contributed by atoms with Crippen molar-refractivity contribution in [3.05, 3.63) is 33.4 Å². The monoisotopic (exact) mass is 446 g/mol. The molecule has 5 nitrogen and oxygen atoms in total. The smallest absolute Gasteiger partial charge is 0.320 e. The Labute approximate surface area is 157 Å². The number of nitrogens with one attached hydrogen (secondary N) is 2. The van der Waals surface area contributed by atoms with Crippen LogP contribution >= 0.6 is 22.6 Å². The van der Waals surface area contributed by atoms with Crippen LogP contribution in [0.4, 0.5) is 0 Å². The highest BCUT2D eigenvalue weighted by Crippen LogP contribution is 2.09. The van der Waals surface area contributed by atoms with Gasteiger partial charge < -0.3 is 15.7 Å². The lowest BCUT2D eigenvalue weighted by molar-refractivity contribution is -0.139. The molecular formula is C18H27IN2O3. The van der Waals surface area contributed by atoms with Crippen LogP contribution in [0.5, 0.6) is 0 Å². The molecule has 0 saturated carbocycles. The molecule has 1 unspecified atom stereocenters. The number of unbranched alkanes of at least 4 members (excludes halogenated alkanes) is 1. The van der Waals surface area contributed by atoms with E-state index in [-0.39, 0.29) is 5.91 Å². The fourth-order valence-electron chi connectivity index (χ4n) is 2.45. The first-order valence-electron chi connectivity index (χ1n) is 8.50. The van der Waals surface area contributed by atoms with Gasteiger partial charge in [0.1, 0.15) is 6.04 Å². The van der Waals surface area contributed by atoms with Crippen LogP contribution in [-0.4, -0.2) is 36.1 Å². The summed E-state index contributed by atoms with van der Waals surface area (Å²) in [7, 11) is 0. The molecule has 0 fully saturated rings. The average Bonchev–Trinajstić information content (AvgIpc) is 2.55. The SMILES string of the molecule is CCNC(CCCCNC(=O)CCCc1ccc(I)cc1)C(=O)O. The predicted octanol–water partition coefficient (Wildman–Crippen LogP) is 2.96. The van der Waals surface area contributed by atoms with E-state index in [0.717, 1.165) is 25.7 Å². The van der Waals surface area contributed by atoms with E-state index in [1.54, 1.807) is 0 Å². The number of rotatable bonds is 12. The van der Waals surface area contributed by atoms with Crippen molar-refractivity contribution in [3.63, 3.8) is 0 Å². The number of benzene rings is 1. The van der Waals surface area contributed by atoms with Gasteiger partial charge in [0, 0.05) is 16.5 Å². The fourth-order valence-corrected chi connectivity index (χ4v) is 2.81. The first-order chi connectivity index (χ1) is 11.5. The summed E-state index contributed by atoms with van der Waals surface area (Å²) in [5.41, 5.74) is 1.26. The fraction of sp³-hybridized carbons (Fsp3) is 0.556. The van der Waals surface area contributed by atoms with Crippen LogP contribution in [0.25, 0.3) is 0 Å². The summed E-state index contributed by atoms with van der Waals surface area (Å²) in [5.74, 6) is -0.738. The molecule has 0 aliphatic heterocycles. The van der Waals surface area contributed by atoms with Crippen molar-refractivity contribution in [2.75, 3.05) is 13.1 Å². The summed E-state index contributed by atoms with van der Waals surface area (Å²) in [6, 6.07) is 7.87. The lowest BCUT2D eigenvalue weighted by Crippen LogP contribution is -2.36. The number of aliphatic carboxylic acids is 1. The van der Waals surface area contributed by atoms with Gasteiger partial charge in [0.25, 0.3) is 0 Å². The Bertz CT molecular complexity index is 505. The van der Waals surface area contributed by atoms with Crippen LogP contribution in [0.3, 0.4) is 0 Å². The number of carbonyl (C=O) groups is 2. The Hall–Kier alpha value is -1.15. The number of hydrogen-bond donors (Lipinski definition) is 3. The number of aryl methyl sites for hydroxylation is 1. The summed E-state index contributed by atoms with van der Waals surface area (Å²) in [6.07, 6.45) is 4.46. The minimum atomic E-state index is -0.809. The zero-order chi connectivity index (χ0) is 17.8. The van der Waals surface area contributed by atoms with Crippen molar-refractivity contribution in [2.45, 2.75) is 51.5 Å². The molecule has 0 aliphatic carbocycles. The number of carbonyl (C=O) groups excluding carboxylic acids is 1. The molecule has 3 N–H and O–H groups in total. The molecule has 24 heavy (non-hydrogen) atoms. The minimum Gasteiger partial charge on any atom is -0.480 e. The Morgan fingerprint density at radius 1 is 1.17 bits per heavy atom. The van der Waals surface area contributed by atoms with Gasteiger partial charge in [-0.15, -0.1) is 0 Å². The van der Waals surface area contributed by atoms with Crippen LogP contribution in [0, 0.1) is 3.57 Å². The number of carboxylic acids is 1. The molecule has 134 valence electrons. The zero-order valence-electron chi connectivity index (χ0n) is 14.2. The first-order valence-corrected chi connectivity index (χ1v) is 9.58. The third-order valence-corrected chi connectivity index (χ3v) is 4.49. The average molecular weight is 446 g/mol. The summed E-state index contributed by atoms with van der Waals surface area (Å²) < 4.78 is 1.22. The Morgan fingerprint density at radius 2 is 1.88 bits per heavy atom. The summed E-state index contributed by atoms with van der Waals surface area (Å²) in [5, 5.41) is 14.9. The first kappa shape index (κ1) is 20.9. The van der Waals surface area contributed by atoms with Crippen LogP contribution in [-0.2, 0) is 16.0 Å². The van der Waals surface area contributed by atoms with Crippen molar-refractivity contribution >= 4 is 34.5 Å². The molecule has 6 heteroatoms. The molecule has 0 aliphatic rings. The number of halogens is 1. The van der Waals surface area contributed by atoms with Gasteiger partial charge in [-0.25, -0.2) is 0 Å². The molecule has 0 aromatic heterocycles. The van der Waals surface area contributed by atoms with E-state index in [2.05, 4.69) is 57.5 Å². The molecule has 0 bridgehead atoms. The molecule has 1 atom stereocenters. The van der Waals surface area contributed by atoms with Gasteiger partial charge in [0.15, 0.2) is 0 Å². The minimum absolute atomic E-state index is 0.0713. The largest absolute Gasteiger partial charge is 0.480 e. The second kappa shape index (κ2) is 12.2. The standard InChI is InChI=1S/C18H27IN2O3/c1-2-20-16(18(23)24)7-3-4-13-21-17(22)8-5-6-14-9-11-15(19)12-10-14/h9-12,16,20H,2-8,13H2,1H3,(H,21,22)(H,23,24). The quantitative estimate of drug-likeness (QED) is 0.341. The van der Waals surface area contributed by atoms with Gasteiger partial charge in [0.05, 0.1) is 0 Å². The molecular weight excluding hydrogens is 419 g/mol. The second-order valence-electron chi connectivity index (χ2n) is 5.77. The maximum absolute atomic E-state index is 11.8. The lowest BCUT2D eigenvalue weighted by Gasteiger charge is -2.12. The highest BCUT2D eigenvalue weighted by atomic mass is 127. The van der Waals surface area contributed by atoms with Crippen molar-refractivity contribution in [3.8, 4) is 0 Å². The van der Waals surface area contributed by atoms with Gasteiger partial charge in [-0.3, -0.25) is 9.59 Å². The van der Waals surface area contributed by atoms with Gasteiger partial charge in [-0.05, 0) is 78.9 Å². The molecule has 1 amide bonds. The van der Waals surface area contributed by atoms with E-state index in [1.165, 1.54) is 9.13 Å². The van der Waals surface area contributed by atoms with Crippen molar-refractivity contribution in [1.82, 2.24) is 10.6 Å². The lowest BCUT2D eigenvalue weighted by atomic mass is 10.1. The van der Waals surface area contributed by atoms with E-state index >= 15 is 0 Å². The van der Waals surface area contributed by atoms with Gasteiger partial charge >= 0.3 is 5.97 Å². The molecule has 1 aromatic carbocycles. The van der Waals surface area contributed by atoms with Gasteiger partial charge in [-0.2, -0.15) is 0 Å². The van der Waals surface area contributed by atoms with Crippen molar-refractivity contribution < 1.29 is 14.7 Å². The molecule has 1 aromatic rings. The number of carboxylic acid groups (broad SMARTS) is 1. The van der Waals surface area contributed by atoms with E-state index in [9.17, 15) is 9.59 Å². The summed E-state index contributed by atoms with van der Waals surface area (Å²) >= 11 is 2.28. The molecule has 1 rings (SSSR count). The summed E-state index contributed by atoms with van der Waals surface area (Å²) in [4.78, 5) is 22.8. The molecule has 0 spiro atoms. The Kier molecular flexibility index (Phi) is 10.7. The van der Waals surface area contributed by atoms with E-state index < -0.39 is 12.0 Å². The number of likely N-dealkylation sites (N-methyl/N-ethyl adjacent to an activating group) is 1. The highest BCUT2D eigenvalue weighted by Gasteiger charge is 2.14. The normalized spacial score (nSPS) is 11.9. The maximum atomic E-state index is 11.8. The Balaban J connectivity index is 2.07. The van der Waals surface area contributed by atoms with Crippen LogP contribution in [0.2, 0.25) is 0 Å². The van der Waals surface area contributed by atoms with Crippen LogP contribution < -0.4 is 10.6 Å². The zero-order valence-corrected chi connectivity index (χ0v) is 16.3. The third-order valence-electron chi connectivity index (χ3n) is 3.77. The number of hydrogen-bond acceptors (Lipinski definition) is 3. The van der Waals surface area contributed by atoms with Crippen LogP contribution in [0.1, 0.15) is 44.6 Å². The van der Waals surface area contributed by atoms with Gasteiger partial charge in [0.2, 0.25) is 5.91 Å². The number of amides is 1. The van der Waals surface area contributed by atoms with E-state index in [1.807, 2.05) is 6.92 Å². The second-order valence-corrected chi connectivity index (χ2v) is 7.02. The molecule has 0 radical (unpaired) electrons. The summed E-state index contributed by atoms with van der Waals surface area (Å²) in [6.45, 7) is 3.15.